The zero-order chi connectivity index (χ0) is 25.8. The van der Waals surface area contributed by atoms with Crippen molar-refractivity contribution in [1.29, 1.82) is 0 Å². The molecule has 2 amide bonds. The lowest BCUT2D eigenvalue weighted by Crippen LogP contribution is -2.36. The van der Waals surface area contributed by atoms with Gasteiger partial charge in [-0.25, -0.2) is 14.6 Å². The zero-order valence-corrected chi connectivity index (χ0v) is 20.5. The van der Waals surface area contributed by atoms with Crippen LogP contribution in [0.4, 0.5) is 16.2 Å². The van der Waals surface area contributed by atoms with Crippen molar-refractivity contribution in [3.8, 4) is 5.88 Å². The number of nitrogens with zero attached hydrogens (tertiary/aromatic N) is 1. The number of hydrogen-bond donors (Lipinski definition) is 4. The highest BCUT2D eigenvalue weighted by atomic mass is 16.5. The molecule has 8 heteroatoms. The van der Waals surface area contributed by atoms with Crippen LogP contribution in [0.25, 0.3) is 10.9 Å². The molecule has 8 nitrogen and oxygen atoms in total. The van der Waals surface area contributed by atoms with Crippen molar-refractivity contribution < 1.29 is 19.4 Å². The van der Waals surface area contributed by atoms with E-state index >= 15 is 0 Å². The third-order valence-corrected chi connectivity index (χ3v) is 6.54. The van der Waals surface area contributed by atoms with Gasteiger partial charge in [-0.05, 0) is 49.2 Å². The number of aromatic nitrogens is 1. The van der Waals surface area contributed by atoms with Crippen LogP contribution in [0.5, 0.6) is 5.88 Å². The van der Waals surface area contributed by atoms with Crippen molar-refractivity contribution in [2.45, 2.75) is 31.7 Å². The number of urea groups is 1. The maximum Gasteiger partial charge on any atom is 0.337 e. The molecule has 0 saturated heterocycles. The molecule has 0 bridgehead atoms. The van der Waals surface area contributed by atoms with Gasteiger partial charge < -0.3 is 25.5 Å². The van der Waals surface area contributed by atoms with Gasteiger partial charge in [0.25, 0.3) is 0 Å². The minimum absolute atomic E-state index is 0.0542. The Balaban J connectivity index is 1.47. The van der Waals surface area contributed by atoms with Gasteiger partial charge in [0.15, 0.2) is 5.88 Å². The Labute approximate surface area is 214 Å². The lowest BCUT2D eigenvalue weighted by molar-refractivity contribution is 0.0601. The lowest BCUT2D eigenvalue weighted by Gasteiger charge is -2.13. The lowest BCUT2D eigenvalue weighted by atomic mass is 10.00. The van der Waals surface area contributed by atoms with Crippen LogP contribution in [-0.2, 0) is 4.74 Å². The summed E-state index contributed by atoms with van der Waals surface area (Å²) in [5.74, 6) is -0.512. The highest BCUT2D eigenvalue weighted by molar-refractivity contribution is 6.22. The van der Waals surface area contributed by atoms with Gasteiger partial charge in [-0.1, -0.05) is 49.2 Å². The molecule has 0 spiro atoms. The van der Waals surface area contributed by atoms with Crippen LogP contribution in [0, 0.1) is 0 Å². The first-order valence-corrected chi connectivity index (χ1v) is 12.3. The Morgan fingerprint density at radius 1 is 0.973 bits per heavy atom. The second-order valence-corrected chi connectivity index (χ2v) is 9.05. The SMILES string of the molecule is COC(=O)c1ccc2c(C(=Nc3ccc(NC(=O)NC4CCCC4)cc3)c3ccccc3)c(O)[nH]c2c1. The van der Waals surface area contributed by atoms with E-state index in [1.807, 2.05) is 42.5 Å². The average Bonchev–Trinajstić information content (AvgIpc) is 3.54. The normalized spacial score (nSPS) is 14.0. The summed E-state index contributed by atoms with van der Waals surface area (Å²) in [5, 5.41) is 17.5. The van der Waals surface area contributed by atoms with Crippen LogP contribution < -0.4 is 10.6 Å². The number of hydrogen-bond acceptors (Lipinski definition) is 5. The van der Waals surface area contributed by atoms with Gasteiger partial charge in [0.1, 0.15) is 0 Å². The second kappa shape index (κ2) is 10.6. The van der Waals surface area contributed by atoms with Gasteiger partial charge in [0.2, 0.25) is 0 Å². The molecule has 1 aromatic heterocycles. The third kappa shape index (κ3) is 5.33. The monoisotopic (exact) mass is 496 g/mol. The first-order valence-electron chi connectivity index (χ1n) is 12.3. The number of ether oxygens (including phenoxy) is 1. The summed E-state index contributed by atoms with van der Waals surface area (Å²) < 4.78 is 4.82. The van der Waals surface area contributed by atoms with E-state index in [-0.39, 0.29) is 18.0 Å². The number of anilines is 1. The minimum Gasteiger partial charge on any atom is -0.494 e. The van der Waals surface area contributed by atoms with Crippen molar-refractivity contribution in [3.05, 3.63) is 89.5 Å². The molecule has 5 rings (SSSR count). The fourth-order valence-electron chi connectivity index (χ4n) is 4.70. The predicted molar refractivity (Wildman–Crippen MR) is 144 cm³/mol. The number of H-pyrrole nitrogens is 1. The molecule has 3 aromatic carbocycles. The van der Waals surface area contributed by atoms with Crippen molar-refractivity contribution in [1.82, 2.24) is 10.3 Å². The summed E-state index contributed by atoms with van der Waals surface area (Å²) in [7, 11) is 1.33. The Morgan fingerprint density at radius 3 is 2.41 bits per heavy atom. The van der Waals surface area contributed by atoms with E-state index in [0.717, 1.165) is 36.6 Å². The highest BCUT2D eigenvalue weighted by Crippen LogP contribution is 2.32. The first-order chi connectivity index (χ1) is 18.0. The van der Waals surface area contributed by atoms with Gasteiger partial charge in [0, 0.05) is 28.2 Å². The predicted octanol–water partition coefficient (Wildman–Crippen LogP) is 5.89. The van der Waals surface area contributed by atoms with Crippen LogP contribution >= 0.6 is 0 Å². The summed E-state index contributed by atoms with van der Waals surface area (Å²) in [6.45, 7) is 0. The van der Waals surface area contributed by atoms with E-state index in [9.17, 15) is 14.7 Å². The molecule has 1 heterocycles. The van der Waals surface area contributed by atoms with E-state index in [2.05, 4.69) is 15.6 Å². The number of fused-ring (bicyclic) bond motifs is 1. The van der Waals surface area contributed by atoms with Gasteiger partial charge in [0.05, 0.1) is 29.6 Å². The fraction of sp³-hybridized carbons (Fsp3) is 0.207. The minimum atomic E-state index is -0.458. The molecular formula is C29H28N4O4. The number of aromatic hydroxyl groups is 1. The first kappa shape index (κ1) is 24.1. The standard InChI is InChI=1S/C29H28N4O4/c1-37-28(35)19-11-16-23-24(17-19)33-27(34)25(23)26(18-7-3-2-4-8-18)30-21-12-14-22(15-13-21)32-29(36)31-20-9-5-6-10-20/h2-4,7-8,11-17,20,33-34H,5-6,9-10H2,1H3,(H2,31,32,36). The van der Waals surface area contributed by atoms with E-state index in [4.69, 9.17) is 9.73 Å². The Bertz CT molecular complexity index is 1450. The molecule has 1 aliphatic rings. The molecule has 0 radical (unpaired) electrons. The summed E-state index contributed by atoms with van der Waals surface area (Å²) in [4.78, 5) is 32.1. The number of benzene rings is 3. The molecule has 1 aliphatic carbocycles. The largest absolute Gasteiger partial charge is 0.494 e. The number of esters is 1. The molecule has 37 heavy (non-hydrogen) atoms. The molecule has 4 N–H and O–H groups in total. The maximum absolute atomic E-state index is 12.3. The number of carbonyl (C=O) groups excluding carboxylic acids is 2. The van der Waals surface area contributed by atoms with Gasteiger partial charge in [-0.2, -0.15) is 0 Å². The highest BCUT2D eigenvalue weighted by Gasteiger charge is 2.20. The Kier molecular flexibility index (Phi) is 6.89. The third-order valence-electron chi connectivity index (χ3n) is 6.54. The molecule has 0 atom stereocenters. The number of methoxy groups -OCH3 is 1. The number of rotatable bonds is 6. The van der Waals surface area contributed by atoms with E-state index in [1.165, 1.54) is 7.11 Å². The molecule has 1 saturated carbocycles. The maximum atomic E-state index is 12.3. The quantitative estimate of drug-likeness (QED) is 0.197. The second-order valence-electron chi connectivity index (χ2n) is 9.05. The molecule has 188 valence electrons. The average molecular weight is 497 g/mol. The van der Waals surface area contributed by atoms with Crippen LogP contribution in [-0.4, -0.2) is 41.0 Å². The number of nitrogens with one attached hydrogen (secondary N) is 3. The summed E-state index contributed by atoms with van der Waals surface area (Å²) >= 11 is 0. The summed E-state index contributed by atoms with van der Waals surface area (Å²) in [6, 6.07) is 21.9. The van der Waals surface area contributed by atoms with Crippen molar-refractivity contribution in [2.75, 3.05) is 12.4 Å². The van der Waals surface area contributed by atoms with Gasteiger partial charge in [-0.3, -0.25) is 0 Å². The fourth-order valence-corrected chi connectivity index (χ4v) is 4.70. The molecule has 0 aliphatic heterocycles. The van der Waals surface area contributed by atoms with E-state index in [1.54, 1.807) is 30.3 Å². The molecule has 4 aromatic rings. The number of aromatic amines is 1. The molecule has 1 fully saturated rings. The Hall–Kier alpha value is -4.59. The van der Waals surface area contributed by atoms with Crippen molar-refractivity contribution in [3.63, 3.8) is 0 Å². The number of carbonyl (C=O) groups is 2. The van der Waals surface area contributed by atoms with Gasteiger partial charge >= 0.3 is 12.0 Å². The van der Waals surface area contributed by atoms with Crippen molar-refractivity contribution in [2.24, 2.45) is 4.99 Å². The van der Waals surface area contributed by atoms with E-state index < -0.39 is 5.97 Å². The molecule has 0 unspecified atom stereocenters. The Morgan fingerprint density at radius 2 is 1.70 bits per heavy atom. The van der Waals surface area contributed by atoms with Crippen LogP contribution in [0.2, 0.25) is 0 Å². The smallest absolute Gasteiger partial charge is 0.337 e. The number of amides is 2. The van der Waals surface area contributed by atoms with Crippen LogP contribution in [0.3, 0.4) is 0 Å². The zero-order valence-electron chi connectivity index (χ0n) is 20.5. The molecular weight excluding hydrogens is 468 g/mol. The van der Waals surface area contributed by atoms with Crippen LogP contribution in [0.15, 0.2) is 77.8 Å². The van der Waals surface area contributed by atoms with Crippen LogP contribution in [0.1, 0.15) is 47.2 Å². The topological polar surface area (TPSA) is 116 Å². The van der Waals surface area contributed by atoms with Crippen molar-refractivity contribution >= 4 is 40.0 Å². The summed E-state index contributed by atoms with van der Waals surface area (Å²) in [5.41, 5.74) is 4.19. The number of aliphatic imine (C=N–C) groups is 1. The van der Waals surface area contributed by atoms with E-state index in [0.29, 0.717) is 33.7 Å². The summed E-state index contributed by atoms with van der Waals surface area (Å²) in [6.07, 6.45) is 4.35. The van der Waals surface area contributed by atoms with Gasteiger partial charge in [-0.15, -0.1) is 0 Å².